The molecule has 0 aliphatic heterocycles. The fourth-order valence-corrected chi connectivity index (χ4v) is 0.571. The van der Waals surface area contributed by atoms with Gasteiger partial charge in [0.15, 0.2) is 6.29 Å². The first kappa shape index (κ1) is 9.11. The predicted molar refractivity (Wildman–Crippen MR) is 39.0 cm³/mol. The van der Waals surface area contributed by atoms with Crippen LogP contribution in [0, 0.1) is 5.82 Å². The lowest BCUT2D eigenvalue weighted by Crippen LogP contribution is -1.83. The molecule has 54 valence electrons. The van der Waals surface area contributed by atoms with Gasteiger partial charge in [-0.15, -0.1) is 12.4 Å². The third kappa shape index (κ3) is 1.81. The monoisotopic (exact) mass is 160 g/mol. The molecule has 1 aromatic carbocycles. The van der Waals surface area contributed by atoms with E-state index < -0.39 is 5.82 Å². The summed E-state index contributed by atoms with van der Waals surface area (Å²) in [6.07, 6.45) is 0.495. The summed E-state index contributed by atoms with van der Waals surface area (Å²) in [4.78, 5) is 9.99. The molecule has 0 heterocycles. The van der Waals surface area contributed by atoms with E-state index in [2.05, 4.69) is 0 Å². The van der Waals surface area contributed by atoms with Crippen molar-refractivity contribution in [2.24, 2.45) is 0 Å². The van der Waals surface area contributed by atoms with Crippen LogP contribution in [-0.4, -0.2) is 6.29 Å². The molecule has 3 heteroatoms. The van der Waals surface area contributed by atoms with Gasteiger partial charge in [-0.3, -0.25) is 4.79 Å². The topological polar surface area (TPSA) is 17.1 Å². The lowest BCUT2D eigenvalue weighted by molar-refractivity contribution is 0.112. The molecule has 0 amide bonds. The van der Waals surface area contributed by atoms with Crippen molar-refractivity contribution in [2.75, 3.05) is 0 Å². The van der Waals surface area contributed by atoms with E-state index in [4.69, 9.17) is 0 Å². The second-order valence-electron chi connectivity index (χ2n) is 1.64. The highest BCUT2D eigenvalue weighted by molar-refractivity contribution is 5.85. The number of rotatable bonds is 1. The van der Waals surface area contributed by atoms with Crippen molar-refractivity contribution in [1.29, 1.82) is 0 Å². The largest absolute Gasteiger partial charge is 0.298 e. The van der Waals surface area contributed by atoms with E-state index in [0.29, 0.717) is 6.29 Å². The Hall–Kier alpha value is -0.890. The van der Waals surface area contributed by atoms with E-state index in [1.54, 1.807) is 12.1 Å². The number of aldehydes is 1. The minimum Gasteiger partial charge on any atom is -0.298 e. The lowest BCUT2D eigenvalue weighted by atomic mass is 10.2. The molecule has 0 atom stereocenters. The Balaban J connectivity index is 0.000000810. The van der Waals surface area contributed by atoms with Gasteiger partial charge in [0.05, 0.1) is 5.56 Å². The zero-order chi connectivity index (χ0) is 6.69. The SMILES string of the molecule is Cl.O=Cc1ccccc1F. The predicted octanol–water partition coefficient (Wildman–Crippen LogP) is 2.06. The number of hydrogen-bond donors (Lipinski definition) is 0. The van der Waals surface area contributed by atoms with Crippen molar-refractivity contribution >= 4 is 18.7 Å². The van der Waals surface area contributed by atoms with Crippen LogP contribution in [0.4, 0.5) is 4.39 Å². The molecule has 0 spiro atoms. The standard InChI is InChI=1S/C7H5FO.ClH/c8-7-4-2-1-3-6(7)5-9;/h1-5H;1H. The van der Waals surface area contributed by atoms with Gasteiger partial charge in [-0.05, 0) is 12.1 Å². The first-order chi connectivity index (χ1) is 4.34. The fourth-order valence-electron chi connectivity index (χ4n) is 0.571. The summed E-state index contributed by atoms with van der Waals surface area (Å²) in [6, 6.07) is 5.85. The minimum absolute atomic E-state index is 0. The molecule has 0 aromatic heterocycles. The molecule has 0 unspecified atom stereocenters. The van der Waals surface area contributed by atoms with Gasteiger partial charge in [-0.2, -0.15) is 0 Å². The normalized spacial score (nSPS) is 8.10. The van der Waals surface area contributed by atoms with Gasteiger partial charge in [0.1, 0.15) is 5.82 Å². The molecule has 1 nitrogen and oxygen atoms in total. The molecule has 0 saturated heterocycles. The summed E-state index contributed by atoms with van der Waals surface area (Å²) in [5.41, 5.74) is 0.109. The molecular weight excluding hydrogens is 155 g/mol. The van der Waals surface area contributed by atoms with Crippen LogP contribution >= 0.6 is 12.4 Å². The van der Waals surface area contributed by atoms with Crippen LogP contribution in [0.5, 0.6) is 0 Å². The van der Waals surface area contributed by atoms with E-state index in [1.807, 2.05) is 0 Å². The van der Waals surface area contributed by atoms with Gasteiger partial charge < -0.3 is 0 Å². The summed E-state index contributed by atoms with van der Waals surface area (Å²) in [7, 11) is 0. The molecule has 0 radical (unpaired) electrons. The average Bonchev–Trinajstić information content (AvgIpc) is 1.89. The van der Waals surface area contributed by atoms with E-state index in [0.717, 1.165) is 0 Å². The summed E-state index contributed by atoms with van der Waals surface area (Å²) in [5, 5.41) is 0. The van der Waals surface area contributed by atoms with Crippen molar-refractivity contribution in [2.45, 2.75) is 0 Å². The maximum atomic E-state index is 12.4. The maximum Gasteiger partial charge on any atom is 0.152 e. The molecule has 1 aromatic rings. The van der Waals surface area contributed by atoms with Crippen LogP contribution in [0.25, 0.3) is 0 Å². The van der Waals surface area contributed by atoms with Crippen molar-refractivity contribution in [3.8, 4) is 0 Å². The molecule has 0 saturated carbocycles. The smallest absolute Gasteiger partial charge is 0.152 e. The minimum atomic E-state index is -0.465. The highest BCUT2D eigenvalue weighted by atomic mass is 35.5. The van der Waals surface area contributed by atoms with Gasteiger partial charge in [0, 0.05) is 0 Å². The van der Waals surface area contributed by atoms with Crippen molar-refractivity contribution < 1.29 is 9.18 Å². The molecule has 1 rings (SSSR count). The quantitative estimate of drug-likeness (QED) is 0.575. The highest BCUT2D eigenvalue weighted by Gasteiger charge is 1.94. The average molecular weight is 161 g/mol. The highest BCUT2D eigenvalue weighted by Crippen LogP contribution is 2.01. The number of carbonyl (C=O) groups is 1. The Kier molecular flexibility index (Phi) is 3.65. The van der Waals surface area contributed by atoms with E-state index >= 15 is 0 Å². The Morgan fingerprint density at radius 2 is 1.90 bits per heavy atom. The Labute approximate surface area is 64.3 Å². The Bertz CT molecular complexity index is 225. The molecule has 0 fully saturated rings. The van der Waals surface area contributed by atoms with Crippen LogP contribution in [0.15, 0.2) is 24.3 Å². The first-order valence-electron chi connectivity index (χ1n) is 2.54. The van der Waals surface area contributed by atoms with E-state index in [1.165, 1.54) is 12.1 Å². The maximum absolute atomic E-state index is 12.4. The number of halogens is 2. The van der Waals surface area contributed by atoms with Crippen LogP contribution < -0.4 is 0 Å². The number of benzene rings is 1. The molecule has 0 bridgehead atoms. The third-order valence-electron chi connectivity index (χ3n) is 1.03. The van der Waals surface area contributed by atoms with Gasteiger partial charge in [0.25, 0.3) is 0 Å². The van der Waals surface area contributed by atoms with Crippen LogP contribution in [-0.2, 0) is 0 Å². The van der Waals surface area contributed by atoms with E-state index in [-0.39, 0.29) is 18.0 Å². The third-order valence-corrected chi connectivity index (χ3v) is 1.03. The summed E-state index contributed by atoms with van der Waals surface area (Å²) < 4.78 is 12.4. The molecule has 10 heavy (non-hydrogen) atoms. The molecule has 0 N–H and O–H groups in total. The van der Waals surface area contributed by atoms with Crippen LogP contribution in [0.3, 0.4) is 0 Å². The Morgan fingerprint density at radius 3 is 2.30 bits per heavy atom. The van der Waals surface area contributed by atoms with E-state index in [9.17, 15) is 9.18 Å². The van der Waals surface area contributed by atoms with Crippen molar-refractivity contribution in [3.63, 3.8) is 0 Å². The van der Waals surface area contributed by atoms with Crippen molar-refractivity contribution in [1.82, 2.24) is 0 Å². The number of hydrogen-bond acceptors (Lipinski definition) is 1. The van der Waals surface area contributed by atoms with Crippen LogP contribution in [0.2, 0.25) is 0 Å². The van der Waals surface area contributed by atoms with Gasteiger partial charge in [0.2, 0.25) is 0 Å². The second-order valence-corrected chi connectivity index (χ2v) is 1.64. The summed E-state index contributed by atoms with van der Waals surface area (Å²) >= 11 is 0. The van der Waals surface area contributed by atoms with Gasteiger partial charge >= 0.3 is 0 Å². The summed E-state index contributed by atoms with van der Waals surface area (Å²) in [5.74, 6) is -0.465. The fraction of sp³-hybridized carbons (Fsp3) is 0. The number of carbonyl (C=O) groups excluding carboxylic acids is 1. The molecule has 0 aliphatic rings. The molecular formula is C7H6ClFO. The lowest BCUT2D eigenvalue weighted by Gasteiger charge is -1.88. The Morgan fingerprint density at radius 1 is 1.30 bits per heavy atom. The van der Waals surface area contributed by atoms with Gasteiger partial charge in [-0.25, -0.2) is 4.39 Å². The van der Waals surface area contributed by atoms with Crippen molar-refractivity contribution in [3.05, 3.63) is 35.6 Å². The summed E-state index contributed by atoms with van der Waals surface area (Å²) in [6.45, 7) is 0. The second kappa shape index (κ2) is 4.01. The van der Waals surface area contributed by atoms with Crippen LogP contribution in [0.1, 0.15) is 10.4 Å². The zero-order valence-corrected chi connectivity index (χ0v) is 5.90. The first-order valence-corrected chi connectivity index (χ1v) is 2.54. The zero-order valence-electron chi connectivity index (χ0n) is 5.08. The molecule has 0 aliphatic carbocycles. The van der Waals surface area contributed by atoms with Gasteiger partial charge in [-0.1, -0.05) is 12.1 Å².